The number of rotatable bonds is 13. The highest BCUT2D eigenvalue weighted by atomic mass is 16.6. The van der Waals surface area contributed by atoms with Gasteiger partial charge in [0.25, 0.3) is 0 Å². The molecule has 0 aromatic heterocycles. The van der Waals surface area contributed by atoms with Crippen LogP contribution in [0, 0.1) is 11.3 Å². The van der Waals surface area contributed by atoms with Crippen molar-refractivity contribution in [3.8, 4) is 11.8 Å². The summed E-state index contributed by atoms with van der Waals surface area (Å²) in [6, 6.07) is 13.0. The van der Waals surface area contributed by atoms with Gasteiger partial charge in [0.15, 0.2) is 0 Å². The van der Waals surface area contributed by atoms with Crippen molar-refractivity contribution in [1.29, 1.82) is 5.26 Å². The molecule has 2 aromatic carbocycles. The summed E-state index contributed by atoms with van der Waals surface area (Å²) in [6.45, 7) is 11.0. The molecule has 0 aliphatic heterocycles. The van der Waals surface area contributed by atoms with Crippen LogP contribution in [0.15, 0.2) is 55.1 Å². The van der Waals surface area contributed by atoms with Crippen molar-refractivity contribution in [2.75, 3.05) is 13.1 Å². The van der Waals surface area contributed by atoms with E-state index in [0.29, 0.717) is 17.7 Å². The van der Waals surface area contributed by atoms with Gasteiger partial charge in [0, 0.05) is 13.0 Å². The second-order valence-electron chi connectivity index (χ2n) is 10.5. The van der Waals surface area contributed by atoms with Crippen LogP contribution in [-0.4, -0.2) is 52.6 Å². The molecular formula is C31H40N4O5. The first kappa shape index (κ1) is 31.9. The zero-order valence-electron chi connectivity index (χ0n) is 23.8. The molecule has 2 rings (SSSR count). The van der Waals surface area contributed by atoms with Crippen molar-refractivity contribution in [3.63, 3.8) is 0 Å². The van der Waals surface area contributed by atoms with Gasteiger partial charge in [-0.05, 0) is 62.1 Å². The number of nitrogens with one attached hydrogen (secondary N) is 2. The summed E-state index contributed by atoms with van der Waals surface area (Å²) in [4.78, 5) is 41.6. The highest BCUT2D eigenvalue weighted by Gasteiger charge is 2.36. The van der Waals surface area contributed by atoms with E-state index in [1.807, 2.05) is 12.1 Å². The fourth-order valence-corrected chi connectivity index (χ4v) is 4.10. The van der Waals surface area contributed by atoms with Crippen LogP contribution < -0.4 is 10.6 Å². The molecule has 3 amide bonds. The molecule has 0 radical (unpaired) electrons. The van der Waals surface area contributed by atoms with Gasteiger partial charge in [0.2, 0.25) is 11.8 Å². The summed E-state index contributed by atoms with van der Waals surface area (Å²) in [5.41, 5.74) is 1.10. The topological polar surface area (TPSA) is 132 Å². The minimum Gasteiger partial charge on any atom is -0.508 e. The van der Waals surface area contributed by atoms with Gasteiger partial charge in [-0.3, -0.25) is 9.59 Å². The number of hydrogen-bond donors (Lipinski definition) is 3. The van der Waals surface area contributed by atoms with Gasteiger partial charge in [-0.25, -0.2) is 4.79 Å². The van der Waals surface area contributed by atoms with Gasteiger partial charge >= 0.3 is 6.09 Å². The van der Waals surface area contributed by atoms with Gasteiger partial charge in [-0.15, -0.1) is 0 Å². The Bertz CT molecular complexity index is 1200. The van der Waals surface area contributed by atoms with Crippen LogP contribution in [0.1, 0.15) is 69.7 Å². The molecule has 0 heterocycles. The third-order valence-electron chi connectivity index (χ3n) is 5.99. The zero-order chi connectivity index (χ0) is 29.7. The number of phenolic OH excluding ortho intramolecular Hbond substituents is 1. The summed E-state index contributed by atoms with van der Waals surface area (Å²) < 4.78 is 5.40. The molecular weight excluding hydrogens is 508 g/mol. The number of amides is 3. The van der Waals surface area contributed by atoms with Gasteiger partial charge in [-0.1, -0.05) is 62.8 Å². The van der Waals surface area contributed by atoms with Gasteiger partial charge in [0.1, 0.15) is 30.0 Å². The number of benzene rings is 2. The number of unbranched alkanes of at least 4 members (excludes halogenated alkanes) is 2. The Kier molecular flexibility index (Phi) is 12.2. The monoisotopic (exact) mass is 548 g/mol. The quantitative estimate of drug-likeness (QED) is 0.242. The smallest absolute Gasteiger partial charge is 0.408 e. The predicted molar refractivity (Wildman–Crippen MR) is 154 cm³/mol. The second kappa shape index (κ2) is 15.3. The highest BCUT2D eigenvalue weighted by molar-refractivity contribution is 5.92. The maximum absolute atomic E-state index is 14.1. The summed E-state index contributed by atoms with van der Waals surface area (Å²) in [7, 11) is 0. The molecule has 2 aromatic rings. The molecule has 0 saturated heterocycles. The first-order valence-corrected chi connectivity index (χ1v) is 13.4. The SMILES string of the molecule is C=Cc1cccc(C(C(=O)NCCCCC)N(CC#N)C(=O)C(Cc2ccc(O)cc2)NC(=O)OC(C)(C)C)c1. The lowest BCUT2D eigenvalue weighted by Gasteiger charge is -2.33. The van der Waals surface area contributed by atoms with Gasteiger partial charge in [-0.2, -0.15) is 5.26 Å². The van der Waals surface area contributed by atoms with Gasteiger partial charge in [0.05, 0.1) is 6.07 Å². The number of nitrogens with zero attached hydrogens (tertiary/aromatic N) is 2. The molecule has 0 bridgehead atoms. The Morgan fingerprint density at radius 2 is 1.85 bits per heavy atom. The summed E-state index contributed by atoms with van der Waals surface area (Å²) >= 11 is 0. The van der Waals surface area contributed by atoms with Crippen LogP contribution in [-0.2, 0) is 20.7 Å². The highest BCUT2D eigenvalue weighted by Crippen LogP contribution is 2.25. The molecule has 2 atom stereocenters. The zero-order valence-corrected chi connectivity index (χ0v) is 23.8. The first-order valence-electron chi connectivity index (χ1n) is 13.4. The fourth-order valence-electron chi connectivity index (χ4n) is 4.10. The maximum atomic E-state index is 14.1. The molecule has 40 heavy (non-hydrogen) atoms. The normalized spacial score (nSPS) is 12.4. The molecule has 214 valence electrons. The van der Waals surface area contributed by atoms with E-state index < -0.39 is 42.1 Å². The number of phenols is 1. The van der Waals surface area contributed by atoms with Crippen LogP contribution >= 0.6 is 0 Å². The van der Waals surface area contributed by atoms with Crippen molar-refractivity contribution in [3.05, 3.63) is 71.8 Å². The van der Waals surface area contributed by atoms with E-state index in [1.165, 1.54) is 17.0 Å². The number of carbonyl (C=O) groups is 3. The number of alkyl carbamates (subject to hydrolysis) is 1. The number of nitriles is 1. The summed E-state index contributed by atoms with van der Waals surface area (Å²) in [5, 5.41) is 24.9. The van der Waals surface area contributed by atoms with Gasteiger partial charge < -0.3 is 25.4 Å². The molecule has 0 saturated carbocycles. The Hall–Kier alpha value is -4.32. The average molecular weight is 549 g/mol. The second-order valence-corrected chi connectivity index (χ2v) is 10.5. The lowest BCUT2D eigenvalue weighted by molar-refractivity contribution is -0.141. The van der Waals surface area contributed by atoms with E-state index >= 15 is 0 Å². The van der Waals surface area contributed by atoms with Crippen LogP contribution in [0.4, 0.5) is 4.79 Å². The lowest BCUT2D eigenvalue weighted by Crippen LogP contribution is -2.54. The minimum absolute atomic E-state index is 0.0395. The van der Waals surface area contributed by atoms with E-state index in [-0.39, 0.29) is 12.2 Å². The van der Waals surface area contributed by atoms with Crippen molar-refractivity contribution in [1.82, 2.24) is 15.5 Å². The molecule has 0 aliphatic carbocycles. The third-order valence-corrected chi connectivity index (χ3v) is 5.99. The summed E-state index contributed by atoms with van der Waals surface area (Å²) in [5.74, 6) is -1.00. The fraction of sp³-hybridized carbons (Fsp3) is 0.419. The van der Waals surface area contributed by atoms with Crippen molar-refractivity contribution < 1.29 is 24.2 Å². The predicted octanol–water partition coefficient (Wildman–Crippen LogP) is 4.87. The average Bonchev–Trinajstić information content (AvgIpc) is 2.90. The Labute approximate surface area is 236 Å². The number of hydrogen-bond acceptors (Lipinski definition) is 6. The van der Waals surface area contributed by atoms with E-state index in [0.717, 1.165) is 24.8 Å². The number of aromatic hydroxyl groups is 1. The van der Waals surface area contributed by atoms with Crippen LogP contribution in [0.5, 0.6) is 5.75 Å². The molecule has 0 aliphatic rings. The molecule has 2 unspecified atom stereocenters. The standard InChI is InChI=1S/C31H40N4O5/c1-6-8-9-18-33-28(37)27(24-12-10-11-22(7-2)20-24)35(19-17-32)29(38)26(34-30(39)40-31(3,4)5)21-23-13-15-25(36)16-14-23/h7,10-16,20,26-27,36H,2,6,8-9,18-19,21H2,1,3-5H3,(H,33,37)(H,34,39). The molecule has 9 heteroatoms. The summed E-state index contributed by atoms with van der Waals surface area (Å²) in [6.07, 6.45) is 3.56. The van der Waals surface area contributed by atoms with E-state index in [1.54, 1.807) is 57.2 Å². The third kappa shape index (κ3) is 10.1. The van der Waals surface area contributed by atoms with Crippen molar-refractivity contribution >= 4 is 24.0 Å². The van der Waals surface area contributed by atoms with Crippen LogP contribution in [0.25, 0.3) is 6.08 Å². The van der Waals surface area contributed by atoms with Crippen molar-refractivity contribution in [2.45, 2.75) is 71.1 Å². The number of carbonyl (C=O) groups excluding carboxylic acids is 3. The largest absolute Gasteiger partial charge is 0.508 e. The molecule has 0 spiro atoms. The molecule has 3 N–H and O–H groups in total. The van der Waals surface area contributed by atoms with Crippen LogP contribution in [0.2, 0.25) is 0 Å². The van der Waals surface area contributed by atoms with E-state index in [4.69, 9.17) is 4.74 Å². The Morgan fingerprint density at radius 1 is 1.15 bits per heavy atom. The Balaban J connectivity index is 2.52. The lowest BCUT2D eigenvalue weighted by atomic mass is 9.99. The van der Waals surface area contributed by atoms with E-state index in [9.17, 15) is 24.8 Å². The van der Waals surface area contributed by atoms with E-state index in [2.05, 4.69) is 24.1 Å². The first-order chi connectivity index (χ1) is 19.0. The minimum atomic E-state index is -1.16. The number of ether oxygens (including phenoxy) is 1. The molecule has 0 fully saturated rings. The van der Waals surface area contributed by atoms with Crippen LogP contribution in [0.3, 0.4) is 0 Å². The Morgan fingerprint density at radius 3 is 2.45 bits per heavy atom. The molecule has 9 nitrogen and oxygen atoms in total. The maximum Gasteiger partial charge on any atom is 0.408 e. The van der Waals surface area contributed by atoms with Crippen molar-refractivity contribution in [2.24, 2.45) is 0 Å².